The molecule has 1 saturated heterocycles. The number of para-hydroxylation sites is 1. The molecule has 10 amide bonds. The van der Waals surface area contributed by atoms with Crippen LogP contribution in [0, 0.1) is 16.6 Å². The molecule has 28 heteroatoms. The number of hydrogen-bond acceptors (Lipinski definition) is 12. The number of guanidine groups is 2. The summed E-state index contributed by atoms with van der Waals surface area (Å²) >= 11 is 0. The maximum absolute atomic E-state index is 15.3. The van der Waals surface area contributed by atoms with E-state index in [1.165, 1.54) is 18.2 Å². The molecule has 1 fully saturated rings. The summed E-state index contributed by atoms with van der Waals surface area (Å²) in [4.78, 5) is 139. The zero-order valence-corrected chi connectivity index (χ0v) is 41.9. The minimum atomic E-state index is -1.84. The van der Waals surface area contributed by atoms with Crippen molar-refractivity contribution >= 4 is 81.9 Å². The van der Waals surface area contributed by atoms with Crippen molar-refractivity contribution in [1.29, 1.82) is 10.8 Å². The summed E-state index contributed by atoms with van der Waals surface area (Å²) in [5.74, 6) is -10.8. The van der Waals surface area contributed by atoms with Gasteiger partial charge < -0.3 is 81.1 Å². The lowest BCUT2D eigenvalue weighted by Crippen LogP contribution is -2.61. The van der Waals surface area contributed by atoms with Gasteiger partial charge in [0, 0.05) is 62.9 Å². The number of hydrogen-bond donors (Lipinski definition) is 17. The van der Waals surface area contributed by atoms with Gasteiger partial charge in [0.15, 0.2) is 11.9 Å². The smallest absolute Gasteiger partial charge is 0.243 e. The number of aromatic nitrogens is 1. The fourth-order valence-corrected chi connectivity index (χ4v) is 8.16. The number of nitrogens with two attached hydrogens (primary N) is 4. The third-order valence-electron chi connectivity index (χ3n) is 12.0. The van der Waals surface area contributed by atoms with Crippen molar-refractivity contribution in [2.75, 3.05) is 19.6 Å². The average Bonchev–Trinajstić information content (AvgIpc) is 3.76. The second-order valence-electron chi connectivity index (χ2n) is 18.0. The standard InChI is InChI=1S/C48H68FN17O10/c1-25(67)60-32(13-7-19-57-47(52)53)41(71)62-33-14-6-18-56-39(69)17-16-31(40(51)70)61-44(74)36(22-27-24-59-30-12-5-3-10-28(27)30)64-42(72)34(15-8-20-58-48(54)55)63-45(75)35(21-26-9-2-4-11-29(26)49)65-46(76)37(23-38(50)68)66-43(33)73/h2-5,9-12,24,31-37,59H,6-8,13-23H2,1H3,(H2,50,68)(H2,51,70)(H,56,69)(H,60,67)(H,61,74)(H,62,71)(H,63,75)(H,64,72)(H,65,76)(H,66,73)(H4,52,53,57)(H4,54,55,58)/t31-,32-,33-,34-,35+,36-,37-/m0/s1. The molecule has 0 bridgehead atoms. The lowest BCUT2D eigenvalue weighted by molar-refractivity contribution is -0.136. The average molecular weight is 1060 g/mol. The first kappa shape index (κ1) is 59.7. The van der Waals surface area contributed by atoms with Crippen molar-refractivity contribution in [2.45, 2.75) is 120 Å². The van der Waals surface area contributed by atoms with Gasteiger partial charge in [-0.05, 0) is 68.2 Å². The minimum Gasteiger partial charge on any atom is -0.370 e. The van der Waals surface area contributed by atoms with Gasteiger partial charge in [0.25, 0.3) is 0 Å². The number of fused-ring (bicyclic) bond motifs is 1. The van der Waals surface area contributed by atoms with Gasteiger partial charge in [-0.3, -0.25) is 58.8 Å². The van der Waals surface area contributed by atoms with Crippen molar-refractivity contribution in [1.82, 2.24) is 58.2 Å². The van der Waals surface area contributed by atoms with E-state index >= 15 is 4.39 Å². The molecule has 0 spiro atoms. The van der Waals surface area contributed by atoms with Crippen LogP contribution in [0.1, 0.15) is 75.8 Å². The number of amides is 10. The highest BCUT2D eigenvalue weighted by Crippen LogP contribution is 2.20. The first-order chi connectivity index (χ1) is 36.1. The zero-order chi connectivity index (χ0) is 55.9. The Bertz CT molecular complexity index is 2610. The van der Waals surface area contributed by atoms with Crippen molar-refractivity contribution in [2.24, 2.45) is 22.9 Å². The van der Waals surface area contributed by atoms with Crippen molar-refractivity contribution in [3.8, 4) is 0 Å². The van der Waals surface area contributed by atoms with Gasteiger partial charge in [-0.2, -0.15) is 0 Å². The van der Waals surface area contributed by atoms with Gasteiger partial charge in [0.1, 0.15) is 48.1 Å². The van der Waals surface area contributed by atoms with Crippen molar-refractivity contribution in [3.63, 3.8) is 0 Å². The molecule has 27 nitrogen and oxygen atoms in total. The zero-order valence-electron chi connectivity index (χ0n) is 41.9. The second kappa shape index (κ2) is 29.7. The highest BCUT2D eigenvalue weighted by atomic mass is 19.1. The number of halogens is 1. The van der Waals surface area contributed by atoms with E-state index in [2.05, 4.69) is 58.2 Å². The number of nitrogens with one attached hydrogen (secondary N) is 13. The third kappa shape index (κ3) is 19.9. The fourth-order valence-electron chi connectivity index (χ4n) is 8.16. The predicted octanol–water partition coefficient (Wildman–Crippen LogP) is -3.92. The maximum Gasteiger partial charge on any atom is 0.243 e. The topological polar surface area (TPSA) is 459 Å². The molecule has 3 aromatic rings. The monoisotopic (exact) mass is 1060 g/mol. The highest BCUT2D eigenvalue weighted by molar-refractivity contribution is 5.99. The largest absolute Gasteiger partial charge is 0.370 e. The Morgan fingerprint density at radius 1 is 0.711 bits per heavy atom. The Morgan fingerprint density at radius 2 is 1.29 bits per heavy atom. The van der Waals surface area contributed by atoms with E-state index in [4.69, 9.17) is 33.8 Å². The van der Waals surface area contributed by atoms with Crippen LogP contribution < -0.4 is 76.1 Å². The summed E-state index contributed by atoms with van der Waals surface area (Å²) in [7, 11) is 0. The van der Waals surface area contributed by atoms with Crippen LogP contribution in [-0.2, 0) is 60.8 Å². The van der Waals surface area contributed by atoms with E-state index in [9.17, 15) is 47.9 Å². The number of rotatable bonds is 18. The van der Waals surface area contributed by atoms with Crippen LogP contribution >= 0.6 is 0 Å². The van der Waals surface area contributed by atoms with Crippen LogP contribution in [0.2, 0.25) is 0 Å². The summed E-state index contributed by atoms with van der Waals surface area (Å²) in [6.07, 6.45) is -0.781. The Balaban J connectivity index is 1.78. The lowest BCUT2D eigenvalue weighted by Gasteiger charge is -2.28. The Kier molecular flexibility index (Phi) is 23.4. The number of primary amides is 2. The van der Waals surface area contributed by atoms with E-state index in [1.54, 1.807) is 30.5 Å². The predicted molar refractivity (Wildman–Crippen MR) is 274 cm³/mol. The minimum absolute atomic E-state index is 0.00355. The SMILES string of the molecule is CC(=O)N[C@@H](CCCNC(=N)N)C(=O)N[C@H]1CCCNC(=O)CC[C@@H](C(N)=O)NC(=O)[C@H](Cc2c[nH]c3ccccc23)NC(=O)[C@H](CCCNC(=N)N)NC(=O)[C@@H](Cc2ccccc2F)NC(=O)[C@H](CC(N)=O)NC1=O. The van der Waals surface area contributed by atoms with Crippen LogP contribution in [0.5, 0.6) is 0 Å². The molecule has 76 heavy (non-hydrogen) atoms. The molecule has 21 N–H and O–H groups in total. The van der Waals surface area contributed by atoms with Crippen LogP contribution in [0.4, 0.5) is 4.39 Å². The molecule has 0 aliphatic carbocycles. The summed E-state index contributed by atoms with van der Waals surface area (Å²) in [6.45, 7) is 1.21. The van der Waals surface area contributed by atoms with Crippen molar-refractivity contribution < 1.29 is 52.3 Å². The summed E-state index contributed by atoms with van der Waals surface area (Å²) in [6, 6.07) is 1.60. The quantitative estimate of drug-likeness (QED) is 0.0329. The highest BCUT2D eigenvalue weighted by Gasteiger charge is 2.35. The number of carbonyl (C=O) groups is 10. The molecule has 0 saturated carbocycles. The Labute approximate surface area is 436 Å². The molecule has 7 atom stereocenters. The van der Waals surface area contributed by atoms with Crippen LogP contribution in [0.3, 0.4) is 0 Å². The Hall–Kier alpha value is -8.85. The first-order valence-electron chi connectivity index (χ1n) is 24.5. The summed E-state index contributed by atoms with van der Waals surface area (Å²) in [5, 5.41) is 41.1. The molecular weight excluding hydrogens is 994 g/mol. The molecule has 2 heterocycles. The van der Waals surface area contributed by atoms with E-state index in [1.807, 2.05) is 0 Å². The van der Waals surface area contributed by atoms with E-state index in [0.717, 1.165) is 13.0 Å². The molecule has 1 aliphatic rings. The third-order valence-corrected chi connectivity index (χ3v) is 12.0. The molecule has 4 rings (SSSR count). The molecule has 2 aromatic carbocycles. The van der Waals surface area contributed by atoms with Crippen LogP contribution in [0.15, 0.2) is 54.7 Å². The molecular formula is C48H68FN17O10. The normalized spacial score (nSPS) is 20.9. The molecule has 1 aliphatic heterocycles. The lowest BCUT2D eigenvalue weighted by atomic mass is 10.0. The number of benzene rings is 2. The summed E-state index contributed by atoms with van der Waals surface area (Å²) < 4.78 is 15.3. The van der Waals surface area contributed by atoms with Gasteiger partial charge in [-0.1, -0.05) is 36.4 Å². The molecule has 412 valence electrons. The van der Waals surface area contributed by atoms with Gasteiger partial charge in [-0.15, -0.1) is 0 Å². The molecule has 0 radical (unpaired) electrons. The number of aromatic amines is 1. The van der Waals surface area contributed by atoms with Crippen LogP contribution in [0.25, 0.3) is 10.9 Å². The van der Waals surface area contributed by atoms with E-state index < -0.39 is 126 Å². The second-order valence-corrected chi connectivity index (χ2v) is 18.0. The summed E-state index contributed by atoms with van der Waals surface area (Å²) in [5.41, 5.74) is 23.3. The molecule has 0 unspecified atom stereocenters. The first-order valence-corrected chi connectivity index (χ1v) is 24.5. The van der Waals surface area contributed by atoms with Crippen molar-refractivity contribution in [3.05, 3.63) is 71.7 Å². The fraction of sp³-hybridized carbons (Fsp3) is 0.458. The van der Waals surface area contributed by atoms with Gasteiger partial charge in [0.2, 0.25) is 59.1 Å². The number of carbonyl (C=O) groups excluding carboxylic acids is 10. The van der Waals surface area contributed by atoms with E-state index in [0.29, 0.717) is 16.5 Å². The maximum atomic E-state index is 15.3. The van der Waals surface area contributed by atoms with Gasteiger partial charge in [-0.25, -0.2) is 4.39 Å². The van der Waals surface area contributed by atoms with E-state index in [-0.39, 0.29) is 88.9 Å². The Morgan fingerprint density at radius 3 is 1.93 bits per heavy atom. The molecule has 1 aromatic heterocycles. The van der Waals surface area contributed by atoms with Gasteiger partial charge >= 0.3 is 0 Å². The number of H-pyrrole nitrogens is 1. The van der Waals surface area contributed by atoms with Gasteiger partial charge in [0.05, 0.1) is 6.42 Å². The van der Waals surface area contributed by atoms with Crippen LogP contribution in [-0.4, -0.2) is 138 Å².